The normalized spacial score (nSPS) is 9.08. The maximum atomic E-state index is 4.08. The minimum atomic E-state index is 0.994. The van der Waals surface area contributed by atoms with Gasteiger partial charge in [0.15, 0.2) is 0 Å². The van der Waals surface area contributed by atoms with Gasteiger partial charge < -0.3 is 39.9 Å². The van der Waals surface area contributed by atoms with Crippen molar-refractivity contribution < 1.29 is 0 Å². The molecule has 0 saturated carbocycles. The quantitative estimate of drug-likeness (QED) is 0.0969. The van der Waals surface area contributed by atoms with Crippen LogP contribution in [0.1, 0.15) is 73.8 Å². The molecule has 52 heavy (non-hydrogen) atoms. The maximum Gasteiger partial charge on any atom is 0.105 e. The Morgan fingerprint density at radius 1 is 0.365 bits per heavy atom. The number of rotatable bonds is 4. The van der Waals surface area contributed by atoms with Gasteiger partial charge in [-0.3, -0.25) is 0 Å². The molecule has 0 spiro atoms. The fourth-order valence-electron chi connectivity index (χ4n) is 3.45. The predicted molar refractivity (Wildman–Crippen MR) is 205 cm³/mol. The highest BCUT2D eigenvalue weighted by molar-refractivity contribution is 4.99. The monoisotopic (exact) mass is 712 g/mol. The Kier molecular flexibility index (Phi) is 24.9. The first kappa shape index (κ1) is 43.7. The number of hydrogen-bond acceptors (Lipinski definition) is 8. The zero-order chi connectivity index (χ0) is 38.1. The van der Waals surface area contributed by atoms with E-state index in [9.17, 15) is 0 Å². The van der Waals surface area contributed by atoms with E-state index in [4.69, 9.17) is 0 Å². The average Bonchev–Trinajstić information content (AvgIpc) is 4.00. The number of imidazole rings is 8. The molecule has 280 valence electrons. The van der Waals surface area contributed by atoms with Gasteiger partial charge in [-0.2, -0.15) is 0 Å². The summed E-state index contributed by atoms with van der Waals surface area (Å²) in [6.07, 6.45) is 31.7. The summed E-state index contributed by atoms with van der Waals surface area (Å²) in [5.41, 5.74) is 4.56. The molecular formula is C36H56N16. The van der Waals surface area contributed by atoms with Crippen molar-refractivity contribution in [2.75, 3.05) is 0 Å². The van der Waals surface area contributed by atoms with Crippen LogP contribution in [-0.2, 0) is 25.7 Å². The third-order valence-corrected chi connectivity index (χ3v) is 5.99. The topological polar surface area (TPSA) is 229 Å². The lowest BCUT2D eigenvalue weighted by atomic mass is 10.5. The fraction of sp³-hybridized carbons (Fsp3) is 0.333. The van der Waals surface area contributed by atoms with E-state index in [0.29, 0.717) is 0 Å². The van der Waals surface area contributed by atoms with Crippen LogP contribution in [-0.4, -0.2) is 79.7 Å². The van der Waals surface area contributed by atoms with Gasteiger partial charge in [0.1, 0.15) is 23.3 Å². The van der Waals surface area contributed by atoms with Crippen LogP contribution in [0.4, 0.5) is 0 Å². The summed E-state index contributed by atoms with van der Waals surface area (Å²) in [6, 6.07) is 0. The van der Waals surface area contributed by atoms with Gasteiger partial charge in [-0.1, -0.05) is 27.7 Å². The van der Waals surface area contributed by atoms with E-state index >= 15 is 0 Å². The van der Waals surface area contributed by atoms with Crippen LogP contribution >= 0.6 is 0 Å². The molecule has 8 aromatic rings. The van der Waals surface area contributed by atoms with Crippen molar-refractivity contribution in [2.45, 2.75) is 81.1 Å². The summed E-state index contributed by atoms with van der Waals surface area (Å²) in [7, 11) is 0. The molecule has 0 aliphatic heterocycles. The standard InChI is InChI=1S/4C6H10N2.4C3H4N2/c4*1-3-6-7-4-5(2)8-6;4*1-2-5-3-4-1/h4*4H,3H2,1-2H3,(H,7,8);4*1-3H,(H,4,5). The van der Waals surface area contributed by atoms with E-state index in [1.54, 1.807) is 74.9 Å². The van der Waals surface area contributed by atoms with Crippen molar-refractivity contribution in [1.29, 1.82) is 0 Å². The molecule has 0 aromatic carbocycles. The van der Waals surface area contributed by atoms with Crippen LogP contribution in [0.2, 0.25) is 0 Å². The first-order chi connectivity index (χ1) is 25.3. The molecule has 8 rings (SSSR count). The van der Waals surface area contributed by atoms with Gasteiger partial charge >= 0.3 is 0 Å². The third-order valence-electron chi connectivity index (χ3n) is 5.99. The van der Waals surface area contributed by atoms with Gasteiger partial charge in [0.2, 0.25) is 0 Å². The summed E-state index contributed by atoms with van der Waals surface area (Å²) in [5.74, 6) is 4.29. The Labute approximate surface area is 306 Å². The van der Waals surface area contributed by atoms with Crippen LogP contribution in [0, 0.1) is 27.7 Å². The zero-order valence-corrected chi connectivity index (χ0v) is 31.6. The number of hydrogen-bond donors (Lipinski definition) is 8. The van der Waals surface area contributed by atoms with Crippen molar-refractivity contribution in [2.24, 2.45) is 0 Å². The Bertz CT molecular complexity index is 1440. The maximum absolute atomic E-state index is 4.08. The number of aryl methyl sites for hydroxylation is 8. The minimum absolute atomic E-state index is 0.994. The highest BCUT2D eigenvalue weighted by Crippen LogP contribution is 1.95. The molecule has 16 nitrogen and oxygen atoms in total. The summed E-state index contributed by atoms with van der Waals surface area (Å²) in [5, 5.41) is 0. The van der Waals surface area contributed by atoms with E-state index in [2.05, 4.69) is 107 Å². The van der Waals surface area contributed by atoms with Gasteiger partial charge in [0.05, 0.1) is 25.3 Å². The summed E-state index contributed by atoms with van der Waals surface area (Å²) in [6.45, 7) is 16.4. The van der Waals surface area contributed by atoms with Crippen molar-refractivity contribution in [3.63, 3.8) is 0 Å². The van der Waals surface area contributed by atoms with E-state index in [1.165, 1.54) is 0 Å². The van der Waals surface area contributed by atoms with Crippen molar-refractivity contribution in [3.8, 4) is 0 Å². The van der Waals surface area contributed by atoms with Crippen LogP contribution in [0.5, 0.6) is 0 Å². The Balaban J connectivity index is 0.000000300. The van der Waals surface area contributed by atoms with Crippen LogP contribution < -0.4 is 0 Å². The van der Waals surface area contributed by atoms with Crippen LogP contribution in [0.15, 0.2) is 99.7 Å². The molecule has 0 amide bonds. The van der Waals surface area contributed by atoms with Crippen molar-refractivity contribution in [3.05, 3.63) is 146 Å². The molecular weight excluding hydrogens is 657 g/mol. The number of nitrogens with zero attached hydrogens (tertiary/aromatic N) is 8. The van der Waals surface area contributed by atoms with Gasteiger partial charge in [-0.15, -0.1) is 0 Å². The molecule has 0 saturated heterocycles. The van der Waals surface area contributed by atoms with Crippen LogP contribution in [0.3, 0.4) is 0 Å². The number of aromatic amines is 8. The molecule has 8 aromatic heterocycles. The number of H-pyrrole nitrogens is 8. The molecule has 0 unspecified atom stereocenters. The van der Waals surface area contributed by atoms with E-state index < -0.39 is 0 Å². The first-order valence-electron chi connectivity index (χ1n) is 17.0. The Hall–Kier alpha value is -6.32. The molecule has 0 fully saturated rings. The highest BCUT2D eigenvalue weighted by atomic mass is 14.9. The molecule has 0 aliphatic rings. The summed E-state index contributed by atoms with van der Waals surface area (Å²) in [4.78, 5) is 54.4. The Morgan fingerprint density at radius 2 is 0.577 bits per heavy atom. The molecule has 8 heterocycles. The lowest BCUT2D eigenvalue weighted by molar-refractivity contribution is 0.982. The number of aromatic nitrogens is 16. The second-order valence-corrected chi connectivity index (χ2v) is 10.5. The molecule has 0 aliphatic carbocycles. The Morgan fingerprint density at radius 3 is 0.635 bits per heavy atom. The smallest absolute Gasteiger partial charge is 0.105 e. The van der Waals surface area contributed by atoms with Gasteiger partial charge in [0, 0.05) is 123 Å². The van der Waals surface area contributed by atoms with Gasteiger partial charge in [-0.25, -0.2) is 39.9 Å². The van der Waals surface area contributed by atoms with Crippen LogP contribution in [0.25, 0.3) is 0 Å². The highest BCUT2D eigenvalue weighted by Gasteiger charge is 1.91. The average molecular weight is 713 g/mol. The molecule has 0 atom stereocenters. The first-order valence-corrected chi connectivity index (χ1v) is 17.0. The number of nitrogens with one attached hydrogen (secondary N) is 8. The molecule has 0 bridgehead atoms. The second-order valence-electron chi connectivity index (χ2n) is 10.5. The van der Waals surface area contributed by atoms with Crippen molar-refractivity contribution >= 4 is 0 Å². The lowest BCUT2D eigenvalue weighted by Crippen LogP contribution is -1.80. The lowest BCUT2D eigenvalue weighted by Gasteiger charge is -1.82. The van der Waals surface area contributed by atoms with E-state index in [0.717, 1.165) is 71.8 Å². The van der Waals surface area contributed by atoms with Gasteiger partial charge in [-0.05, 0) is 27.7 Å². The molecule has 0 radical (unpaired) electrons. The van der Waals surface area contributed by atoms with E-state index in [-0.39, 0.29) is 0 Å². The zero-order valence-electron chi connectivity index (χ0n) is 31.6. The predicted octanol–water partition coefficient (Wildman–Crippen LogP) is 6.76. The molecule has 16 heteroatoms. The third kappa shape index (κ3) is 23.9. The molecule has 8 N–H and O–H groups in total. The summed E-state index contributed by atoms with van der Waals surface area (Å²) < 4.78 is 0. The fourth-order valence-corrected chi connectivity index (χ4v) is 3.45. The minimum Gasteiger partial charge on any atom is -0.351 e. The second kappa shape index (κ2) is 29.6. The largest absolute Gasteiger partial charge is 0.351 e. The van der Waals surface area contributed by atoms with Crippen molar-refractivity contribution in [1.82, 2.24) is 79.7 Å². The SMILES string of the molecule is CCc1ncc(C)[nH]1.CCc1ncc(C)[nH]1.CCc1ncc(C)[nH]1.CCc1ncc(C)[nH]1.c1c[nH]cn1.c1c[nH]cn1.c1c[nH]cn1.c1c[nH]cn1. The summed E-state index contributed by atoms with van der Waals surface area (Å²) >= 11 is 0. The van der Waals surface area contributed by atoms with Gasteiger partial charge in [0.25, 0.3) is 0 Å². The van der Waals surface area contributed by atoms with E-state index in [1.807, 2.05) is 52.5 Å².